The smallest absolute Gasteiger partial charge is 0.305 e. The number of ether oxygens (including phenoxy) is 1. The highest BCUT2D eigenvalue weighted by molar-refractivity contribution is 5.85. The molecule has 0 spiro atoms. The van der Waals surface area contributed by atoms with Crippen LogP contribution in [0.15, 0.2) is 24.3 Å². The number of rotatable bonds is 9. The van der Waals surface area contributed by atoms with Crippen molar-refractivity contribution in [2.45, 2.75) is 45.1 Å². The Morgan fingerprint density at radius 2 is 2.04 bits per heavy atom. The van der Waals surface area contributed by atoms with E-state index in [-0.39, 0.29) is 24.8 Å². The molecule has 1 N–H and O–H groups in total. The van der Waals surface area contributed by atoms with Gasteiger partial charge in [0.05, 0.1) is 25.5 Å². The van der Waals surface area contributed by atoms with E-state index in [2.05, 4.69) is 6.92 Å². The van der Waals surface area contributed by atoms with Crippen LogP contribution in [0.1, 0.15) is 50.6 Å². The van der Waals surface area contributed by atoms with Gasteiger partial charge < -0.3 is 19.6 Å². The minimum absolute atomic E-state index is 0.0431. The standard InChI is InChI=1S/C21H30N2O5/c1-4-5-13-23-18(24)11-10-16(21(27)22(2)14-12-19(25)26)20(23)15-8-6-7-9-17(15)28-3/h6-9,16,20H,4-5,10-14H2,1-3H3,(H,25,26). The number of benzene rings is 1. The maximum absolute atomic E-state index is 13.2. The summed E-state index contributed by atoms with van der Waals surface area (Å²) >= 11 is 0. The fourth-order valence-corrected chi connectivity index (χ4v) is 3.76. The van der Waals surface area contributed by atoms with Crippen molar-refractivity contribution in [2.24, 2.45) is 5.92 Å². The highest BCUT2D eigenvalue weighted by atomic mass is 16.5. The molecule has 1 aromatic carbocycles. The van der Waals surface area contributed by atoms with Crippen molar-refractivity contribution in [1.82, 2.24) is 9.80 Å². The zero-order chi connectivity index (χ0) is 20.7. The molecule has 0 bridgehead atoms. The summed E-state index contributed by atoms with van der Waals surface area (Å²) in [6, 6.07) is 7.06. The fourth-order valence-electron chi connectivity index (χ4n) is 3.76. The second-order valence-electron chi connectivity index (χ2n) is 7.18. The minimum Gasteiger partial charge on any atom is -0.496 e. The van der Waals surface area contributed by atoms with Gasteiger partial charge in [0.2, 0.25) is 11.8 Å². The number of piperidine rings is 1. The molecule has 0 aliphatic carbocycles. The number of unbranched alkanes of at least 4 members (excludes halogenated alkanes) is 1. The number of likely N-dealkylation sites (tertiary alicyclic amines) is 1. The Bertz CT molecular complexity index is 706. The van der Waals surface area contributed by atoms with Gasteiger partial charge in [-0.3, -0.25) is 14.4 Å². The molecule has 1 aromatic rings. The van der Waals surface area contributed by atoms with Gasteiger partial charge in [-0.05, 0) is 18.9 Å². The zero-order valence-corrected chi connectivity index (χ0v) is 16.9. The minimum atomic E-state index is -0.940. The molecule has 1 aliphatic heterocycles. The molecule has 7 nitrogen and oxygen atoms in total. The lowest BCUT2D eigenvalue weighted by atomic mass is 9.82. The van der Waals surface area contributed by atoms with Crippen molar-refractivity contribution in [3.05, 3.63) is 29.8 Å². The molecule has 2 rings (SSSR count). The number of carbonyl (C=O) groups is 3. The Balaban J connectivity index is 2.39. The lowest BCUT2D eigenvalue weighted by Gasteiger charge is -2.42. The fraction of sp³-hybridized carbons (Fsp3) is 0.571. The van der Waals surface area contributed by atoms with Crippen LogP contribution in [-0.4, -0.2) is 59.9 Å². The normalized spacial score (nSPS) is 19.4. The molecule has 1 aliphatic rings. The number of para-hydroxylation sites is 1. The molecule has 7 heteroatoms. The average Bonchev–Trinajstić information content (AvgIpc) is 2.70. The predicted octanol–water partition coefficient (Wildman–Crippen LogP) is 2.71. The van der Waals surface area contributed by atoms with Crippen LogP contribution in [0.4, 0.5) is 0 Å². The highest BCUT2D eigenvalue weighted by Crippen LogP contribution is 2.41. The Labute approximate surface area is 166 Å². The number of aliphatic carboxylic acids is 1. The van der Waals surface area contributed by atoms with Crippen LogP contribution in [-0.2, 0) is 14.4 Å². The molecule has 1 fully saturated rings. The maximum Gasteiger partial charge on any atom is 0.305 e. The summed E-state index contributed by atoms with van der Waals surface area (Å²) in [7, 11) is 3.20. The van der Waals surface area contributed by atoms with Gasteiger partial charge in [-0.25, -0.2) is 0 Å². The number of carbonyl (C=O) groups excluding carboxylic acids is 2. The molecular weight excluding hydrogens is 360 g/mol. The summed E-state index contributed by atoms with van der Waals surface area (Å²) in [5, 5.41) is 8.92. The van der Waals surface area contributed by atoms with Gasteiger partial charge in [0.25, 0.3) is 0 Å². The van der Waals surface area contributed by atoms with Gasteiger partial charge in [0.1, 0.15) is 5.75 Å². The molecule has 1 saturated heterocycles. The van der Waals surface area contributed by atoms with Crippen LogP contribution in [0.2, 0.25) is 0 Å². The molecule has 2 unspecified atom stereocenters. The molecule has 28 heavy (non-hydrogen) atoms. The van der Waals surface area contributed by atoms with E-state index in [0.29, 0.717) is 25.1 Å². The average molecular weight is 390 g/mol. The van der Waals surface area contributed by atoms with E-state index >= 15 is 0 Å². The molecular formula is C21H30N2O5. The van der Waals surface area contributed by atoms with Gasteiger partial charge in [-0.2, -0.15) is 0 Å². The van der Waals surface area contributed by atoms with Gasteiger partial charge in [-0.1, -0.05) is 31.5 Å². The third-order valence-corrected chi connectivity index (χ3v) is 5.27. The molecule has 1 heterocycles. The molecule has 154 valence electrons. The number of carboxylic acid groups (broad SMARTS) is 1. The Hall–Kier alpha value is -2.57. The van der Waals surface area contributed by atoms with E-state index in [0.717, 1.165) is 18.4 Å². The second kappa shape index (κ2) is 10.1. The number of nitrogens with zero attached hydrogens (tertiary/aromatic N) is 2. The van der Waals surface area contributed by atoms with Gasteiger partial charge in [-0.15, -0.1) is 0 Å². The molecule has 2 amide bonds. The lowest BCUT2D eigenvalue weighted by Crippen LogP contribution is -2.49. The number of hydrogen-bond donors (Lipinski definition) is 1. The van der Waals surface area contributed by atoms with Gasteiger partial charge in [0.15, 0.2) is 0 Å². The number of carboxylic acids is 1. The van der Waals surface area contributed by atoms with Gasteiger partial charge >= 0.3 is 5.97 Å². The lowest BCUT2D eigenvalue weighted by molar-refractivity contribution is -0.147. The third-order valence-electron chi connectivity index (χ3n) is 5.27. The van der Waals surface area contributed by atoms with Crippen LogP contribution in [0.25, 0.3) is 0 Å². The third kappa shape index (κ3) is 5.03. The topological polar surface area (TPSA) is 87.2 Å². The van der Waals surface area contributed by atoms with Gasteiger partial charge in [0, 0.05) is 32.1 Å². The molecule has 0 aromatic heterocycles. The monoisotopic (exact) mass is 390 g/mol. The number of amides is 2. The molecule has 2 atom stereocenters. The largest absolute Gasteiger partial charge is 0.496 e. The first kappa shape index (κ1) is 21.7. The molecule has 0 radical (unpaired) electrons. The zero-order valence-electron chi connectivity index (χ0n) is 16.9. The van der Waals surface area contributed by atoms with E-state index in [4.69, 9.17) is 9.84 Å². The Kier molecular flexibility index (Phi) is 7.84. The van der Waals surface area contributed by atoms with E-state index < -0.39 is 17.9 Å². The van der Waals surface area contributed by atoms with Crippen LogP contribution < -0.4 is 4.74 Å². The van der Waals surface area contributed by atoms with Crippen molar-refractivity contribution in [1.29, 1.82) is 0 Å². The first-order valence-corrected chi connectivity index (χ1v) is 9.79. The second-order valence-corrected chi connectivity index (χ2v) is 7.18. The van der Waals surface area contributed by atoms with Crippen molar-refractivity contribution in [2.75, 3.05) is 27.2 Å². The number of hydrogen-bond acceptors (Lipinski definition) is 4. The summed E-state index contributed by atoms with van der Waals surface area (Å²) in [6.07, 6.45) is 2.46. The quantitative estimate of drug-likeness (QED) is 0.700. The summed E-state index contributed by atoms with van der Waals surface area (Å²) in [6.45, 7) is 2.79. The van der Waals surface area contributed by atoms with Crippen molar-refractivity contribution in [3.8, 4) is 5.75 Å². The predicted molar refractivity (Wildman–Crippen MR) is 105 cm³/mol. The van der Waals surface area contributed by atoms with Crippen LogP contribution in [0.5, 0.6) is 5.75 Å². The molecule has 0 saturated carbocycles. The van der Waals surface area contributed by atoms with Crippen molar-refractivity contribution >= 4 is 17.8 Å². The summed E-state index contributed by atoms with van der Waals surface area (Å²) in [4.78, 5) is 40.0. The van der Waals surface area contributed by atoms with E-state index in [1.165, 1.54) is 4.90 Å². The van der Waals surface area contributed by atoms with Crippen molar-refractivity contribution in [3.63, 3.8) is 0 Å². The SMILES string of the molecule is CCCCN1C(=O)CCC(C(=O)N(C)CCC(=O)O)C1c1ccccc1OC. The van der Waals surface area contributed by atoms with E-state index in [1.54, 1.807) is 19.1 Å². The first-order chi connectivity index (χ1) is 13.4. The van der Waals surface area contributed by atoms with Crippen LogP contribution >= 0.6 is 0 Å². The summed E-state index contributed by atoms with van der Waals surface area (Å²) < 4.78 is 5.51. The Morgan fingerprint density at radius 1 is 1.32 bits per heavy atom. The number of methoxy groups -OCH3 is 1. The summed E-state index contributed by atoms with van der Waals surface area (Å²) in [5.74, 6) is -0.809. The van der Waals surface area contributed by atoms with Crippen molar-refractivity contribution < 1.29 is 24.2 Å². The van der Waals surface area contributed by atoms with Crippen LogP contribution in [0, 0.1) is 5.92 Å². The van der Waals surface area contributed by atoms with E-state index in [1.807, 2.05) is 24.3 Å². The Morgan fingerprint density at radius 3 is 2.68 bits per heavy atom. The first-order valence-electron chi connectivity index (χ1n) is 9.79. The maximum atomic E-state index is 13.2. The van der Waals surface area contributed by atoms with E-state index in [9.17, 15) is 14.4 Å². The highest BCUT2D eigenvalue weighted by Gasteiger charge is 2.42. The van der Waals surface area contributed by atoms with Crippen LogP contribution in [0.3, 0.4) is 0 Å². The summed E-state index contributed by atoms with van der Waals surface area (Å²) in [5.41, 5.74) is 0.819.